The maximum absolute atomic E-state index is 12.5. The van der Waals surface area contributed by atoms with Crippen LogP contribution in [-0.4, -0.2) is 41.4 Å². The van der Waals surface area contributed by atoms with Crippen molar-refractivity contribution >= 4 is 5.91 Å². The third-order valence-corrected chi connectivity index (χ3v) is 5.28. The molecule has 1 aromatic rings. The molecule has 1 aliphatic carbocycles. The summed E-state index contributed by atoms with van der Waals surface area (Å²) in [6, 6.07) is 2.25. The van der Waals surface area contributed by atoms with Gasteiger partial charge in [-0.15, -0.1) is 0 Å². The average molecular weight is 319 g/mol. The number of nitrogens with one attached hydrogen (secondary N) is 2. The smallest absolute Gasteiger partial charge is 0.272 e. The van der Waals surface area contributed by atoms with Crippen molar-refractivity contribution in [2.75, 3.05) is 19.6 Å². The second kappa shape index (κ2) is 7.93. The standard InChI is InChI=1S/C17H29N5O/c18-11-16(13-5-2-1-3-6-13)20-17(23)15-8-10-22(21-15)14-7-4-9-19-12-14/h8,10,13-14,16,19H,1-7,9,11-12,18H2,(H,20,23). The highest BCUT2D eigenvalue weighted by Gasteiger charge is 2.25. The second-order valence-corrected chi connectivity index (χ2v) is 6.89. The van der Waals surface area contributed by atoms with Gasteiger partial charge < -0.3 is 16.4 Å². The number of carbonyl (C=O) groups is 1. The molecule has 2 aliphatic rings. The van der Waals surface area contributed by atoms with E-state index in [2.05, 4.69) is 15.7 Å². The molecule has 1 saturated heterocycles. The minimum Gasteiger partial charge on any atom is -0.346 e. The Kier molecular flexibility index (Phi) is 5.67. The molecule has 2 atom stereocenters. The summed E-state index contributed by atoms with van der Waals surface area (Å²) < 4.78 is 1.93. The van der Waals surface area contributed by atoms with E-state index in [4.69, 9.17) is 5.73 Å². The maximum Gasteiger partial charge on any atom is 0.272 e. The van der Waals surface area contributed by atoms with Gasteiger partial charge in [-0.2, -0.15) is 5.10 Å². The van der Waals surface area contributed by atoms with E-state index < -0.39 is 0 Å². The first-order chi connectivity index (χ1) is 11.3. The monoisotopic (exact) mass is 319 g/mol. The van der Waals surface area contributed by atoms with Gasteiger partial charge in [0.1, 0.15) is 5.69 Å². The Morgan fingerprint density at radius 3 is 2.87 bits per heavy atom. The van der Waals surface area contributed by atoms with Gasteiger partial charge in [-0.25, -0.2) is 0 Å². The molecule has 1 amide bonds. The molecule has 4 N–H and O–H groups in total. The van der Waals surface area contributed by atoms with E-state index in [1.54, 1.807) is 0 Å². The zero-order chi connectivity index (χ0) is 16.1. The van der Waals surface area contributed by atoms with Crippen LogP contribution in [0, 0.1) is 5.92 Å². The molecular formula is C17H29N5O. The first-order valence-electron chi connectivity index (χ1n) is 9.04. The average Bonchev–Trinajstić information content (AvgIpc) is 3.11. The molecule has 6 nitrogen and oxygen atoms in total. The molecule has 0 radical (unpaired) electrons. The molecule has 0 spiro atoms. The van der Waals surface area contributed by atoms with Crippen LogP contribution in [0.15, 0.2) is 12.3 Å². The summed E-state index contributed by atoms with van der Waals surface area (Å²) in [5.74, 6) is 0.427. The van der Waals surface area contributed by atoms with Gasteiger partial charge in [0.25, 0.3) is 5.91 Å². The molecule has 23 heavy (non-hydrogen) atoms. The number of amides is 1. The number of hydrogen-bond acceptors (Lipinski definition) is 4. The second-order valence-electron chi connectivity index (χ2n) is 6.89. The molecule has 0 aromatic carbocycles. The number of hydrogen-bond donors (Lipinski definition) is 3. The van der Waals surface area contributed by atoms with Crippen molar-refractivity contribution in [2.24, 2.45) is 11.7 Å². The lowest BCUT2D eigenvalue weighted by Gasteiger charge is -2.29. The van der Waals surface area contributed by atoms with Crippen LogP contribution in [0.1, 0.15) is 61.5 Å². The highest BCUT2D eigenvalue weighted by molar-refractivity contribution is 5.92. The van der Waals surface area contributed by atoms with Crippen LogP contribution in [0.3, 0.4) is 0 Å². The molecular weight excluding hydrogens is 290 g/mol. The predicted octanol–water partition coefficient (Wildman–Crippen LogP) is 1.44. The Morgan fingerprint density at radius 2 is 2.17 bits per heavy atom. The van der Waals surface area contributed by atoms with Crippen LogP contribution in [0.5, 0.6) is 0 Å². The number of rotatable bonds is 5. The van der Waals surface area contributed by atoms with E-state index in [-0.39, 0.29) is 11.9 Å². The summed E-state index contributed by atoms with van der Waals surface area (Å²) in [5.41, 5.74) is 6.41. The van der Waals surface area contributed by atoms with Gasteiger partial charge in [0.15, 0.2) is 0 Å². The minimum atomic E-state index is -0.0893. The summed E-state index contributed by atoms with van der Waals surface area (Å²) in [7, 11) is 0. The number of aromatic nitrogens is 2. The van der Waals surface area contributed by atoms with Gasteiger partial charge in [0.2, 0.25) is 0 Å². The Labute approximate surface area is 138 Å². The van der Waals surface area contributed by atoms with Crippen LogP contribution in [-0.2, 0) is 0 Å². The van der Waals surface area contributed by atoms with Crippen LogP contribution in [0.4, 0.5) is 0 Å². The van der Waals surface area contributed by atoms with Crippen LogP contribution in [0.25, 0.3) is 0 Å². The van der Waals surface area contributed by atoms with Crippen LogP contribution < -0.4 is 16.4 Å². The lowest BCUT2D eigenvalue weighted by molar-refractivity contribution is 0.0909. The fraction of sp³-hybridized carbons (Fsp3) is 0.765. The highest BCUT2D eigenvalue weighted by Crippen LogP contribution is 2.26. The van der Waals surface area contributed by atoms with Gasteiger partial charge in [-0.1, -0.05) is 19.3 Å². The zero-order valence-electron chi connectivity index (χ0n) is 13.8. The van der Waals surface area contributed by atoms with E-state index in [1.807, 2.05) is 16.9 Å². The van der Waals surface area contributed by atoms with Crippen molar-refractivity contribution in [3.05, 3.63) is 18.0 Å². The van der Waals surface area contributed by atoms with Crippen molar-refractivity contribution in [3.8, 4) is 0 Å². The summed E-state index contributed by atoms with van der Waals surface area (Å²) >= 11 is 0. The molecule has 0 bridgehead atoms. The summed E-state index contributed by atoms with van der Waals surface area (Å²) in [4.78, 5) is 12.5. The molecule has 1 saturated carbocycles. The molecule has 2 fully saturated rings. The highest BCUT2D eigenvalue weighted by atomic mass is 16.2. The Bertz CT molecular complexity index is 503. The molecule has 2 unspecified atom stereocenters. The first-order valence-corrected chi connectivity index (χ1v) is 9.04. The van der Waals surface area contributed by atoms with Gasteiger partial charge >= 0.3 is 0 Å². The van der Waals surface area contributed by atoms with Gasteiger partial charge in [-0.05, 0) is 44.2 Å². The number of nitrogens with zero attached hydrogens (tertiary/aromatic N) is 2. The number of nitrogens with two attached hydrogens (primary N) is 1. The van der Waals surface area contributed by atoms with Gasteiger partial charge in [-0.3, -0.25) is 9.48 Å². The summed E-state index contributed by atoms with van der Waals surface area (Å²) in [5, 5.41) is 11.0. The quantitative estimate of drug-likeness (QED) is 0.767. The van der Waals surface area contributed by atoms with Crippen molar-refractivity contribution in [1.29, 1.82) is 0 Å². The molecule has 6 heteroatoms. The fourth-order valence-electron chi connectivity index (χ4n) is 3.87. The van der Waals surface area contributed by atoms with Crippen LogP contribution in [0.2, 0.25) is 0 Å². The minimum absolute atomic E-state index is 0.0734. The normalized spacial score (nSPS) is 24.3. The Morgan fingerprint density at radius 1 is 1.35 bits per heavy atom. The Hall–Kier alpha value is -1.40. The summed E-state index contributed by atoms with van der Waals surface area (Å²) in [6.07, 6.45) is 10.3. The molecule has 128 valence electrons. The topological polar surface area (TPSA) is 85.0 Å². The molecule has 2 heterocycles. The van der Waals surface area contributed by atoms with Crippen LogP contribution >= 0.6 is 0 Å². The van der Waals surface area contributed by atoms with E-state index >= 15 is 0 Å². The predicted molar refractivity (Wildman–Crippen MR) is 90.3 cm³/mol. The largest absolute Gasteiger partial charge is 0.346 e. The van der Waals surface area contributed by atoms with E-state index in [1.165, 1.54) is 32.1 Å². The SMILES string of the molecule is NCC(NC(=O)c1ccn(C2CCCNC2)n1)C1CCCCC1. The van der Waals surface area contributed by atoms with Crippen molar-refractivity contribution in [3.63, 3.8) is 0 Å². The summed E-state index contributed by atoms with van der Waals surface area (Å²) in [6.45, 7) is 2.50. The number of carbonyl (C=O) groups excluding carboxylic acids is 1. The molecule has 3 rings (SSSR count). The van der Waals surface area contributed by atoms with E-state index in [0.29, 0.717) is 24.2 Å². The third kappa shape index (κ3) is 4.12. The molecule has 1 aliphatic heterocycles. The van der Waals surface area contributed by atoms with Gasteiger partial charge in [0, 0.05) is 25.3 Å². The first kappa shape index (κ1) is 16.5. The van der Waals surface area contributed by atoms with E-state index in [9.17, 15) is 4.79 Å². The third-order valence-electron chi connectivity index (χ3n) is 5.28. The maximum atomic E-state index is 12.5. The lowest BCUT2D eigenvalue weighted by atomic mass is 9.84. The zero-order valence-corrected chi connectivity index (χ0v) is 13.8. The molecule has 1 aromatic heterocycles. The fourth-order valence-corrected chi connectivity index (χ4v) is 3.87. The lowest BCUT2D eigenvalue weighted by Crippen LogP contribution is -2.46. The van der Waals surface area contributed by atoms with Gasteiger partial charge in [0.05, 0.1) is 6.04 Å². The van der Waals surface area contributed by atoms with Crippen molar-refractivity contribution < 1.29 is 4.79 Å². The Balaban J connectivity index is 1.59. The van der Waals surface area contributed by atoms with E-state index in [0.717, 1.165) is 25.9 Å². The van der Waals surface area contributed by atoms with Crippen molar-refractivity contribution in [1.82, 2.24) is 20.4 Å². The van der Waals surface area contributed by atoms with Crippen molar-refractivity contribution in [2.45, 2.75) is 57.0 Å². The number of piperidine rings is 1.